The summed E-state index contributed by atoms with van der Waals surface area (Å²) in [5.41, 5.74) is 4.33. The Kier molecular flexibility index (Phi) is 2.76. The molecule has 0 saturated carbocycles. The number of nitriles is 3. The maximum atomic E-state index is 9.15. The lowest BCUT2D eigenvalue weighted by Crippen LogP contribution is -2.46. The van der Waals surface area contributed by atoms with Crippen molar-refractivity contribution in [3.63, 3.8) is 0 Å². The summed E-state index contributed by atoms with van der Waals surface area (Å²) < 4.78 is 0. The molecule has 1 aliphatic rings. The minimum Gasteiger partial charge on any atom is -0.383 e. The highest BCUT2D eigenvalue weighted by Gasteiger charge is 2.53. The fourth-order valence-electron chi connectivity index (χ4n) is 1.95. The van der Waals surface area contributed by atoms with E-state index in [1.807, 2.05) is 18.2 Å². The molecule has 0 aromatic heterocycles. The third kappa shape index (κ3) is 1.20. The van der Waals surface area contributed by atoms with Gasteiger partial charge in [-0.15, -0.1) is 0 Å². The van der Waals surface area contributed by atoms with Crippen molar-refractivity contribution in [3.05, 3.63) is 11.4 Å². The van der Waals surface area contributed by atoms with Gasteiger partial charge in [-0.1, -0.05) is 0 Å². The summed E-state index contributed by atoms with van der Waals surface area (Å²) in [5.74, 6) is 0.170. The largest absolute Gasteiger partial charge is 0.383 e. The molecule has 0 aliphatic carbocycles. The quantitative estimate of drug-likeness (QED) is 0.656. The summed E-state index contributed by atoms with van der Waals surface area (Å²) in [5, 5.41) is 30.5. The van der Waals surface area contributed by atoms with Gasteiger partial charge in [-0.2, -0.15) is 15.8 Å². The number of rotatable bonds is 1. The average molecular weight is 216 g/mol. The second kappa shape index (κ2) is 3.73. The van der Waals surface area contributed by atoms with Crippen molar-refractivity contribution in [1.29, 1.82) is 15.8 Å². The highest BCUT2D eigenvalue weighted by Crippen LogP contribution is 2.41. The van der Waals surface area contributed by atoms with Crippen LogP contribution in [-0.2, 0) is 0 Å². The van der Waals surface area contributed by atoms with Crippen LogP contribution in [0.3, 0.4) is 0 Å². The van der Waals surface area contributed by atoms with E-state index in [-0.39, 0.29) is 11.4 Å². The second-order valence-corrected chi connectivity index (χ2v) is 3.77. The van der Waals surface area contributed by atoms with E-state index in [2.05, 4.69) is 0 Å². The van der Waals surface area contributed by atoms with Crippen molar-refractivity contribution in [2.24, 2.45) is 11.1 Å². The first-order valence-corrected chi connectivity index (χ1v) is 4.65. The molecule has 0 spiro atoms. The molecular weight excluding hydrogens is 204 g/mol. The van der Waals surface area contributed by atoms with Crippen LogP contribution in [0.15, 0.2) is 11.4 Å². The van der Waals surface area contributed by atoms with Gasteiger partial charge in [0.1, 0.15) is 17.5 Å². The van der Waals surface area contributed by atoms with Gasteiger partial charge >= 0.3 is 0 Å². The van der Waals surface area contributed by atoms with Gasteiger partial charge in [-0.05, 0) is 6.92 Å². The van der Waals surface area contributed by atoms with Crippen molar-refractivity contribution < 1.29 is 0 Å². The third-order valence-corrected chi connectivity index (χ3v) is 2.79. The molecule has 82 valence electrons. The zero-order valence-corrected chi connectivity index (χ0v) is 9.39. The lowest BCUT2D eigenvalue weighted by Gasteiger charge is -2.33. The molecule has 16 heavy (non-hydrogen) atoms. The third-order valence-electron chi connectivity index (χ3n) is 2.79. The van der Waals surface area contributed by atoms with Gasteiger partial charge < -0.3 is 5.73 Å². The number of hydrogen-bond acceptors (Lipinski definition) is 6. The van der Waals surface area contributed by atoms with Crippen LogP contribution in [0.5, 0.6) is 0 Å². The van der Waals surface area contributed by atoms with E-state index in [9.17, 15) is 0 Å². The Labute approximate surface area is 94.3 Å². The highest BCUT2D eigenvalue weighted by atomic mass is 15.6. The van der Waals surface area contributed by atoms with Crippen molar-refractivity contribution in [2.45, 2.75) is 13.0 Å². The number of nitrogens with two attached hydrogens (primary N) is 1. The SMILES string of the molecule is CC1N(N(C)C)C(N)=C(C#N)C1(C#N)C#N. The van der Waals surface area contributed by atoms with E-state index < -0.39 is 11.5 Å². The Bertz CT molecular complexity index is 441. The lowest BCUT2D eigenvalue weighted by molar-refractivity contribution is 0.0230. The van der Waals surface area contributed by atoms with Gasteiger partial charge in [-0.25, -0.2) is 5.01 Å². The smallest absolute Gasteiger partial charge is 0.203 e. The van der Waals surface area contributed by atoms with E-state index in [0.29, 0.717) is 0 Å². The normalized spacial score (nSPS) is 22.8. The summed E-state index contributed by atoms with van der Waals surface area (Å²) in [6.07, 6.45) is 0. The fourth-order valence-corrected chi connectivity index (χ4v) is 1.95. The van der Waals surface area contributed by atoms with Crippen molar-refractivity contribution >= 4 is 0 Å². The number of hydrogen-bond donors (Lipinski definition) is 1. The average Bonchev–Trinajstić information content (AvgIpc) is 2.46. The maximum Gasteiger partial charge on any atom is 0.203 e. The topological polar surface area (TPSA) is 104 Å². The molecule has 1 heterocycles. The van der Waals surface area contributed by atoms with Gasteiger partial charge in [0.05, 0.1) is 18.2 Å². The minimum absolute atomic E-state index is 0.0266. The molecule has 6 heteroatoms. The highest BCUT2D eigenvalue weighted by molar-refractivity contribution is 5.49. The van der Waals surface area contributed by atoms with Crippen LogP contribution in [0.4, 0.5) is 0 Å². The number of hydrazine groups is 1. The minimum atomic E-state index is -1.48. The van der Waals surface area contributed by atoms with Crippen LogP contribution in [0, 0.1) is 39.4 Å². The molecule has 2 N–H and O–H groups in total. The summed E-state index contributed by atoms with van der Waals surface area (Å²) >= 11 is 0. The first-order chi connectivity index (χ1) is 7.46. The van der Waals surface area contributed by atoms with Crippen LogP contribution in [0.1, 0.15) is 6.92 Å². The molecule has 1 atom stereocenters. The van der Waals surface area contributed by atoms with E-state index in [0.717, 1.165) is 0 Å². The van der Waals surface area contributed by atoms with Crippen LogP contribution in [0.25, 0.3) is 0 Å². The summed E-state index contributed by atoms with van der Waals surface area (Å²) in [7, 11) is 3.48. The molecule has 0 amide bonds. The Balaban J connectivity index is 3.46. The standard InChI is InChI=1S/C10H12N6/c1-7-10(5-12,6-13)8(4-11)9(14)16(7)15(2)3/h7H,14H2,1-3H3. The zero-order chi connectivity index (χ0) is 12.5. The molecule has 0 aromatic rings. The Morgan fingerprint density at radius 1 is 1.31 bits per heavy atom. The molecule has 1 rings (SSSR count). The van der Waals surface area contributed by atoms with E-state index >= 15 is 0 Å². The first kappa shape index (κ1) is 11.8. The van der Waals surface area contributed by atoms with E-state index in [1.165, 1.54) is 0 Å². The molecule has 0 bridgehead atoms. The van der Waals surface area contributed by atoms with Gasteiger partial charge in [0, 0.05) is 14.1 Å². The van der Waals surface area contributed by atoms with Crippen molar-refractivity contribution in [3.8, 4) is 18.2 Å². The molecule has 0 fully saturated rings. The van der Waals surface area contributed by atoms with Crippen LogP contribution in [0.2, 0.25) is 0 Å². The predicted molar refractivity (Wildman–Crippen MR) is 55.5 cm³/mol. The fraction of sp³-hybridized carbons (Fsp3) is 0.500. The summed E-state index contributed by atoms with van der Waals surface area (Å²) in [4.78, 5) is 0. The molecule has 0 saturated heterocycles. The Morgan fingerprint density at radius 3 is 2.06 bits per heavy atom. The van der Waals surface area contributed by atoms with Gasteiger partial charge in [-0.3, -0.25) is 5.01 Å². The monoisotopic (exact) mass is 216 g/mol. The maximum absolute atomic E-state index is 9.15. The Morgan fingerprint density at radius 2 is 1.81 bits per heavy atom. The predicted octanol–water partition coefficient (Wildman–Crippen LogP) is -0.105. The van der Waals surface area contributed by atoms with Crippen LogP contribution < -0.4 is 5.73 Å². The van der Waals surface area contributed by atoms with E-state index in [4.69, 9.17) is 21.5 Å². The van der Waals surface area contributed by atoms with Gasteiger partial charge in [0.15, 0.2) is 0 Å². The summed E-state index contributed by atoms with van der Waals surface area (Å²) in [6, 6.07) is 5.19. The Hall–Kier alpha value is -2.23. The van der Waals surface area contributed by atoms with Crippen molar-refractivity contribution in [2.75, 3.05) is 14.1 Å². The van der Waals surface area contributed by atoms with Crippen LogP contribution >= 0.6 is 0 Å². The van der Waals surface area contributed by atoms with Crippen LogP contribution in [-0.4, -0.2) is 30.2 Å². The molecule has 0 aromatic carbocycles. The van der Waals surface area contributed by atoms with Gasteiger partial charge in [0.2, 0.25) is 5.41 Å². The molecule has 0 radical (unpaired) electrons. The molecular formula is C10H12N6. The zero-order valence-electron chi connectivity index (χ0n) is 9.39. The van der Waals surface area contributed by atoms with Crippen molar-refractivity contribution in [1.82, 2.24) is 10.0 Å². The first-order valence-electron chi connectivity index (χ1n) is 4.65. The molecule has 1 unspecified atom stereocenters. The molecule has 6 nitrogen and oxygen atoms in total. The summed E-state index contributed by atoms with van der Waals surface area (Å²) in [6.45, 7) is 1.70. The second-order valence-electron chi connectivity index (χ2n) is 3.77. The molecule has 1 aliphatic heterocycles. The van der Waals surface area contributed by atoms with Gasteiger partial charge in [0.25, 0.3) is 0 Å². The van der Waals surface area contributed by atoms with E-state index in [1.54, 1.807) is 31.0 Å². The number of nitrogens with zero attached hydrogens (tertiary/aromatic N) is 5. The lowest BCUT2D eigenvalue weighted by atomic mass is 9.80.